The van der Waals surface area contributed by atoms with Crippen molar-refractivity contribution in [3.05, 3.63) is 20.3 Å². The summed E-state index contributed by atoms with van der Waals surface area (Å²) in [7, 11) is 0. The zero-order chi connectivity index (χ0) is 9.42. The van der Waals surface area contributed by atoms with Crippen molar-refractivity contribution in [2.24, 2.45) is 11.7 Å². The largest absolute Gasteiger partial charge is 0.326 e. The molecule has 0 saturated heterocycles. The Balaban J connectivity index is 2.41. The summed E-state index contributed by atoms with van der Waals surface area (Å²) in [6.07, 6.45) is 3.65. The van der Waals surface area contributed by atoms with Crippen LogP contribution < -0.4 is 5.73 Å². The molecule has 0 radical (unpaired) electrons. The molecule has 0 fully saturated rings. The van der Waals surface area contributed by atoms with Gasteiger partial charge in [0.1, 0.15) is 0 Å². The molecule has 0 bridgehead atoms. The van der Waals surface area contributed by atoms with Gasteiger partial charge < -0.3 is 5.73 Å². The van der Waals surface area contributed by atoms with Crippen LogP contribution in [-0.4, -0.2) is 0 Å². The van der Waals surface area contributed by atoms with E-state index >= 15 is 0 Å². The fourth-order valence-electron chi connectivity index (χ4n) is 1.99. The number of rotatable bonds is 1. The molecule has 0 aliphatic heterocycles. The van der Waals surface area contributed by atoms with Gasteiger partial charge in [0.15, 0.2) is 0 Å². The van der Waals surface area contributed by atoms with E-state index in [1.165, 1.54) is 35.3 Å². The number of halogens is 1. The quantitative estimate of drug-likeness (QED) is 0.766. The van der Waals surface area contributed by atoms with Gasteiger partial charge >= 0.3 is 0 Å². The molecule has 2 N–H and O–H groups in total. The first-order valence-electron chi connectivity index (χ1n) is 4.71. The van der Waals surface area contributed by atoms with Crippen molar-refractivity contribution >= 4 is 22.9 Å². The molecule has 0 spiro atoms. The molecule has 0 saturated carbocycles. The molecule has 1 aliphatic carbocycles. The monoisotopic (exact) mass is 215 g/mol. The minimum Gasteiger partial charge on any atom is -0.326 e. The topological polar surface area (TPSA) is 26.0 Å². The normalized spacial score (nSPS) is 21.6. The highest BCUT2D eigenvalue weighted by molar-refractivity contribution is 7.16. The summed E-state index contributed by atoms with van der Waals surface area (Å²) in [5, 5.41) is 0. The Morgan fingerprint density at radius 2 is 2.38 bits per heavy atom. The van der Waals surface area contributed by atoms with Gasteiger partial charge in [-0.2, -0.15) is 0 Å². The van der Waals surface area contributed by atoms with Crippen LogP contribution >= 0.6 is 22.9 Å². The standard InChI is InChI=1S/C10H14ClNS/c1-6-2-3-7-8(5-12)10(11)13-9(7)4-6/h6H,2-5,12H2,1H3. The molecule has 0 aromatic carbocycles. The SMILES string of the molecule is CC1CCc2c(sc(Cl)c2CN)C1. The van der Waals surface area contributed by atoms with Crippen LogP contribution in [0.3, 0.4) is 0 Å². The average Bonchev–Trinajstić information content (AvgIpc) is 2.39. The van der Waals surface area contributed by atoms with E-state index in [-0.39, 0.29) is 0 Å². The van der Waals surface area contributed by atoms with E-state index in [1.54, 1.807) is 11.3 Å². The predicted molar refractivity (Wildman–Crippen MR) is 58.4 cm³/mol. The molecule has 72 valence electrons. The first-order chi connectivity index (χ1) is 6.22. The van der Waals surface area contributed by atoms with Gasteiger partial charge in [-0.25, -0.2) is 0 Å². The van der Waals surface area contributed by atoms with Crippen LogP contribution in [0.5, 0.6) is 0 Å². The Hall–Kier alpha value is -0.0500. The van der Waals surface area contributed by atoms with Crippen molar-refractivity contribution in [2.75, 3.05) is 0 Å². The number of fused-ring (bicyclic) bond motifs is 1. The van der Waals surface area contributed by atoms with Crippen LogP contribution in [0, 0.1) is 5.92 Å². The molecule has 1 aromatic heterocycles. The van der Waals surface area contributed by atoms with E-state index in [9.17, 15) is 0 Å². The van der Waals surface area contributed by atoms with E-state index in [0.717, 1.165) is 10.3 Å². The van der Waals surface area contributed by atoms with Gasteiger partial charge in [-0.1, -0.05) is 18.5 Å². The van der Waals surface area contributed by atoms with E-state index < -0.39 is 0 Å². The highest BCUT2D eigenvalue weighted by Crippen LogP contribution is 2.38. The Labute approximate surface area is 87.9 Å². The van der Waals surface area contributed by atoms with Gasteiger partial charge in [0.05, 0.1) is 4.34 Å². The molecule has 1 aliphatic rings. The first kappa shape index (κ1) is 9.50. The Morgan fingerprint density at radius 1 is 1.62 bits per heavy atom. The van der Waals surface area contributed by atoms with Crippen molar-refractivity contribution in [1.29, 1.82) is 0 Å². The lowest BCUT2D eigenvalue weighted by Gasteiger charge is -2.18. The van der Waals surface area contributed by atoms with E-state index in [4.69, 9.17) is 17.3 Å². The molecule has 3 heteroatoms. The van der Waals surface area contributed by atoms with E-state index in [0.29, 0.717) is 6.54 Å². The van der Waals surface area contributed by atoms with Gasteiger partial charge in [0, 0.05) is 11.4 Å². The molecule has 1 nitrogen and oxygen atoms in total. The maximum atomic E-state index is 6.12. The summed E-state index contributed by atoms with van der Waals surface area (Å²) < 4.78 is 0.918. The van der Waals surface area contributed by atoms with Crippen LogP contribution in [0.25, 0.3) is 0 Å². The van der Waals surface area contributed by atoms with E-state index in [1.807, 2.05) is 0 Å². The lowest BCUT2D eigenvalue weighted by molar-refractivity contribution is 0.506. The Kier molecular flexibility index (Phi) is 2.63. The van der Waals surface area contributed by atoms with Gasteiger partial charge in [-0.15, -0.1) is 11.3 Å². The van der Waals surface area contributed by atoms with Gasteiger partial charge in [0.25, 0.3) is 0 Å². The molecule has 2 rings (SSSR count). The molecular formula is C10H14ClNS. The third-order valence-electron chi connectivity index (χ3n) is 2.78. The second-order valence-electron chi connectivity index (χ2n) is 3.81. The van der Waals surface area contributed by atoms with E-state index in [2.05, 4.69) is 6.92 Å². The molecule has 1 heterocycles. The summed E-state index contributed by atoms with van der Waals surface area (Å²) in [6, 6.07) is 0. The summed E-state index contributed by atoms with van der Waals surface area (Å²) in [5.41, 5.74) is 8.33. The maximum absolute atomic E-state index is 6.12. The minimum absolute atomic E-state index is 0.596. The van der Waals surface area contributed by atoms with Crippen LogP contribution in [0.4, 0.5) is 0 Å². The predicted octanol–water partition coefficient (Wildman–Crippen LogP) is 2.99. The molecule has 1 atom stereocenters. The summed E-state index contributed by atoms with van der Waals surface area (Å²) in [5.74, 6) is 0.813. The number of hydrogen-bond donors (Lipinski definition) is 1. The highest BCUT2D eigenvalue weighted by Gasteiger charge is 2.21. The molecule has 0 amide bonds. The fourth-order valence-corrected chi connectivity index (χ4v) is 3.72. The zero-order valence-corrected chi connectivity index (χ0v) is 9.34. The van der Waals surface area contributed by atoms with Gasteiger partial charge in [0.2, 0.25) is 0 Å². The van der Waals surface area contributed by atoms with Crippen molar-refractivity contribution in [1.82, 2.24) is 0 Å². The van der Waals surface area contributed by atoms with Crippen LogP contribution in [0.1, 0.15) is 29.3 Å². The van der Waals surface area contributed by atoms with Crippen molar-refractivity contribution < 1.29 is 0 Å². The Morgan fingerprint density at radius 3 is 3.08 bits per heavy atom. The number of nitrogens with two attached hydrogens (primary N) is 1. The van der Waals surface area contributed by atoms with Crippen molar-refractivity contribution in [3.8, 4) is 0 Å². The second kappa shape index (κ2) is 3.60. The smallest absolute Gasteiger partial charge is 0.0978 e. The maximum Gasteiger partial charge on any atom is 0.0978 e. The highest BCUT2D eigenvalue weighted by atomic mass is 35.5. The molecule has 13 heavy (non-hydrogen) atoms. The molecule has 1 aromatic rings. The summed E-state index contributed by atoms with van der Waals surface area (Å²) in [4.78, 5) is 1.48. The number of hydrogen-bond acceptors (Lipinski definition) is 2. The fraction of sp³-hybridized carbons (Fsp3) is 0.600. The lowest BCUT2D eigenvalue weighted by Crippen LogP contribution is -2.11. The molecule has 1 unspecified atom stereocenters. The second-order valence-corrected chi connectivity index (χ2v) is 5.52. The van der Waals surface area contributed by atoms with Crippen molar-refractivity contribution in [2.45, 2.75) is 32.7 Å². The Bertz CT molecular complexity index is 319. The van der Waals surface area contributed by atoms with Crippen molar-refractivity contribution in [3.63, 3.8) is 0 Å². The minimum atomic E-state index is 0.596. The zero-order valence-electron chi connectivity index (χ0n) is 7.77. The van der Waals surface area contributed by atoms with Gasteiger partial charge in [-0.3, -0.25) is 0 Å². The molecular weight excluding hydrogens is 202 g/mol. The summed E-state index contributed by atoms with van der Waals surface area (Å²) >= 11 is 7.85. The number of thiophene rings is 1. The van der Waals surface area contributed by atoms with Crippen LogP contribution in [0.15, 0.2) is 0 Å². The third kappa shape index (κ3) is 1.63. The van der Waals surface area contributed by atoms with Crippen LogP contribution in [-0.2, 0) is 19.4 Å². The van der Waals surface area contributed by atoms with Crippen LogP contribution in [0.2, 0.25) is 4.34 Å². The lowest BCUT2D eigenvalue weighted by atomic mass is 9.88. The average molecular weight is 216 g/mol. The first-order valence-corrected chi connectivity index (χ1v) is 5.90. The summed E-state index contributed by atoms with van der Waals surface area (Å²) in [6.45, 7) is 2.90. The third-order valence-corrected chi connectivity index (χ3v) is 4.32. The van der Waals surface area contributed by atoms with Gasteiger partial charge in [-0.05, 0) is 36.3 Å².